The Morgan fingerprint density at radius 3 is 2.84 bits per heavy atom. The Labute approximate surface area is 193 Å². The molecule has 0 radical (unpaired) electrons. The molecule has 0 saturated carbocycles. The molecule has 5 rings (SSSR count). The lowest BCUT2D eigenvalue weighted by molar-refractivity contribution is 0.102. The lowest BCUT2D eigenvalue weighted by Gasteiger charge is -2.12. The average Bonchev–Trinajstić information content (AvgIpc) is 3.39. The van der Waals surface area contributed by atoms with Crippen molar-refractivity contribution in [2.45, 2.75) is 38.8 Å². The van der Waals surface area contributed by atoms with Crippen LogP contribution >= 0.6 is 22.7 Å². The number of hydrogen-bond donors (Lipinski definition) is 1. The SMILES string of the molecule is N#Cc1c(NC(=O)c2cccc(CF)c2)sc2nc3c(c(-c4cccs4)c12)CCCCC3. The van der Waals surface area contributed by atoms with Gasteiger partial charge in [-0.05, 0) is 60.4 Å². The number of amides is 1. The van der Waals surface area contributed by atoms with Crippen molar-refractivity contribution in [3.8, 4) is 16.5 Å². The van der Waals surface area contributed by atoms with Gasteiger partial charge in [0.05, 0.1) is 5.56 Å². The van der Waals surface area contributed by atoms with E-state index in [1.54, 1.807) is 29.5 Å². The molecule has 1 aliphatic carbocycles. The maximum Gasteiger partial charge on any atom is 0.256 e. The Morgan fingerprint density at radius 2 is 2.06 bits per heavy atom. The van der Waals surface area contributed by atoms with Crippen LogP contribution in [-0.4, -0.2) is 10.9 Å². The summed E-state index contributed by atoms with van der Waals surface area (Å²) in [5, 5.41) is 16.3. The van der Waals surface area contributed by atoms with Crippen molar-refractivity contribution in [1.29, 1.82) is 5.26 Å². The zero-order valence-corrected chi connectivity index (χ0v) is 18.9. The third-order valence-corrected chi connectivity index (χ3v) is 7.70. The summed E-state index contributed by atoms with van der Waals surface area (Å²) in [4.78, 5) is 19.7. The molecule has 160 valence electrons. The van der Waals surface area contributed by atoms with Gasteiger partial charge in [0.1, 0.15) is 22.6 Å². The fraction of sp³-hybridized carbons (Fsp3) is 0.240. The van der Waals surface area contributed by atoms with Crippen LogP contribution in [0.25, 0.3) is 20.7 Å². The number of halogens is 1. The molecular formula is C25H20FN3OS2. The summed E-state index contributed by atoms with van der Waals surface area (Å²) in [5.41, 5.74) is 4.69. The second-order valence-electron chi connectivity index (χ2n) is 7.84. The van der Waals surface area contributed by atoms with Gasteiger partial charge in [0.15, 0.2) is 0 Å². The first-order valence-electron chi connectivity index (χ1n) is 10.6. The quantitative estimate of drug-likeness (QED) is 0.337. The van der Waals surface area contributed by atoms with Crippen LogP contribution in [0.3, 0.4) is 0 Å². The van der Waals surface area contributed by atoms with Crippen LogP contribution in [0.1, 0.15) is 52.0 Å². The minimum absolute atomic E-state index is 0.359. The number of fused-ring (bicyclic) bond motifs is 2. The minimum atomic E-state index is -0.632. The molecule has 0 bridgehead atoms. The fourth-order valence-electron chi connectivity index (χ4n) is 4.32. The number of hydrogen-bond acceptors (Lipinski definition) is 5. The van der Waals surface area contributed by atoms with Crippen LogP contribution < -0.4 is 5.32 Å². The second kappa shape index (κ2) is 8.81. The van der Waals surface area contributed by atoms with Gasteiger partial charge in [-0.3, -0.25) is 4.79 Å². The van der Waals surface area contributed by atoms with Gasteiger partial charge in [0, 0.05) is 27.1 Å². The Hall–Kier alpha value is -3.08. The minimum Gasteiger partial charge on any atom is -0.312 e. The van der Waals surface area contributed by atoms with Crippen molar-refractivity contribution in [2.24, 2.45) is 0 Å². The Balaban J connectivity index is 1.66. The molecule has 0 fully saturated rings. The van der Waals surface area contributed by atoms with E-state index in [0.29, 0.717) is 21.7 Å². The highest BCUT2D eigenvalue weighted by molar-refractivity contribution is 7.23. The summed E-state index contributed by atoms with van der Waals surface area (Å²) in [7, 11) is 0. The largest absolute Gasteiger partial charge is 0.312 e. The van der Waals surface area contributed by atoms with Crippen LogP contribution in [0.5, 0.6) is 0 Å². The number of aryl methyl sites for hydroxylation is 1. The molecule has 1 aromatic carbocycles. The first-order valence-corrected chi connectivity index (χ1v) is 12.3. The van der Waals surface area contributed by atoms with Crippen LogP contribution in [0.15, 0.2) is 41.8 Å². The smallest absolute Gasteiger partial charge is 0.256 e. The zero-order valence-electron chi connectivity index (χ0n) is 17.3. The molecule has 32 heavy (non-hydrogen) atoms. The van der Waals surface area contributed by atoms with Gasteiger partial charge in [-0.25, -0.2) is 9.37 Å². The zero-order chi connectivity index (χ0) is 22.1. The van der Waals surface area contributed by atoms with Crippen molar-refractivity contribution in [2.75, 3.05) is 5.32 Å². The predicted molar refractivity (Wildman–Crippen MR) is 128 cm³/mol. The van der Waals surface area contributed by atoms with Gasteiger partial charge < -0.3 is 5.32 Å². The monoisotopic (exact) mass is 461 g/mol. The summed E-state index contributed by atoms with van der Waals surface area (Å²) in [6, 6.07) is 12.9. The van der Waals surface area contributed by atoms with E-state index in [4.69, 9.17) is 4.98 Å². The summed E-state index contributed by atoms with van der Waals surface area (Å²) in [6.07, 6.45) is 5.28. The summed E-state index contributed by atoms with van der Waals surface area (Å²) in [5.74, 6) is -0.359. The first kappa shape index (κ1) is 20.8. The van der Waals surface area contributed by atoms with Gasteiger partial charge in [0.2, 0.25) is 0 Å². The molecular weight excluding hydrogens is 441 g/mol. The van der Waals surface area contributed by atoms with Crippen molar-refractivity contribution >= 4 is 43.8 Å². The molecule has 3 heterocycles. The lowest BCUT2D eigenvalue weighted by atomic mass is 9.96. The number of anilines is 1. The molecule has 0 saturated heterocycles. The Kier molecular flexibility index (Phi) is 5.73. The highest BCUT2D eigenvalue weighted by Crippen LogP contribution is 2.45. The molecule has 7 heteroatoms. The number of thiophene rings is 2. The van der Waals surface area contributed by atoms with Crippen molar-refractivity contribution in [3.05, 3.63) is 69.7 Å². The number of carbonyl (C=O) groups is 1. The Bertz CT molecular complexity index is 1350. The van der Waals surface area contributed by atoms with E-state index < -0.39 is 6.67 Å². The summed E-state index contributed by atoms with van der Waals surface area (Å²) in [6.45, 7) is -0.632. The standard InChI is InChI=1S/C25H20FN3OS2/c26-13-15-6-4-7-16(12-15)23(30)29-24-18(14-27)22-21(20-10-5-11-31-20)17-8-2-1-3-9-19(17)28-25(22)32-24/h4-7,10-12H,1-3,8-9,13H2,(H,29,30). The number of nitrogens with one attached hydrogen (secondary N) is 1. The molecule has 3 aromatic heterocycles. The van der Waals surface area contributed by atoms with Gasteiger partial charge in [-0.15, -0.1) is 11.3 Å². The van der Waals surface area contributed by atoms with E-state index in [1.165, 1.54) is 29.4 Å². The molecule has 0 spiro atoms. The molecule has 0 aliphatic heterocycles. The van der Waals surface area contributed by atoms with Gasteiger partial charge >= 0.3 is 0 Å². The topological polar surface area (TPSA) is 65.8 Å². The molecule has 0 unspecified atom stereocenters. The number of pyridine rings is 1. The number of carbonyl (C=O) groups excluding carboxylic acids is 1. The van der Waals surface area contributed by atoms with E-state index in [-0.39, 0.29) is 5.91 Å². The van der Waals surface area contributed by atoms with Crippen LogP contribution in [0.4, 0.5) is 9.39 Å². The second-order valence-corrected chi connectivity index (χ2v) is 9.78. The van der Waals surface area contributed by atoms with Crippen molar-refractivity contribution in [1.82, 2.24) is 4.98 Å². The first-order chi connectivity index (χ1) is 15.7. The van der Waals surface area contributed by atoms with Crippen LogP contribution in [-0.2, 0) is 19.5 Å². The van der Waals surface area contributed by atoms with Crippen LogP contribution in [0, 0.1) is 11.3 Å². The molecule has 4 aromatic rings. The fourth-order valence-corrected chi connectivity index (χ4v) is 6.17. The maximum absolute atomic E-state index is 13.0. The Morgan fingerprint density at radius 1 is 1.19 bits per heavy atom. The van der Waals surface area contributed by atoms with Crippen molar-refractivity contribution < 1.29 is 9.18 Å². The van der Waals surface area contributed by atoms with E-state index in [0.717, 1.165) is 52.0 Å². The highest BCUT2D eigenvalue weighted by atomic mass is 32.1. The molecule has 1 amide bonds. The van der Waals surface area contributed by atoms with E-state index in [1.807, 2.05) is 11.4 Å². The highest BCUT2D eigenvalue weighted by Gasteiger charge is 2.25. The van der Waals surface area contributed by atoms with Crippen molar-refractivity contribution in [3.63, 3.8) is 0 Å². The third-order valence-electron chi connectivity index (χ3n) is 5.82. The van der Waals surface area contributed by atoms with E-state index in [9.17, 15) is 14.4 Å². The predicted octanol–water partition coefficient (Wildman–Crippen LogP) is 6.89. The van der Waals surface area contributed by atoms with E-state index >= 15 is 0 Å². The number of nitrogens with zero attached hydrogens (tertiary/aromatic N) is 2. The molecule has 1 N–H and O–H groups in total. The van der Waals surface area contributed by atoms with Gasteiger partial charge in [-0.1, -0.05) is 36.0 Å². The number of alkyl halides is 1. The van der Waals surface area contributed by atoms with Gasteiger partial charge in [0.25, 0.3) is 5.91 Å². The molecule has 0 atom stereocenters. The summed E-state index contributed by atoms with van der Waals surface area (Å²) >= 11 is 3.00. The van der Waals surface area contributed by atoms with Crippen LogP contribution in [0.2, 0.25) is 0 Å². The number of nitriles is 1. The number of rotatable bonds is 4. The molecule has 1 aliphatic rings. The number of benzene rings is 1. The third kappa shape index (κ3) is 3.70. The normalized spacial score (nSPS) is 13.4. The van der Waals surface area contributed by atoms with Gasteiger partial charge in [-0.2, -0.15) is 5.26 Å². The maximum atomic E-state index is 13.0. The molecule has 4 nitrogen and oxygen atoms in total. The summed E-state index contributed by atoms with van der Waals surface area (Å²) < 4.78 is 13.0. The van der Waals surface area contributed by atoms with E-state index in [2.05, 4.69) is 17.5 Å². The lowest BCUT2D eigenvalue weighted by Crippen LogP contribution is -2.11. The number of aromatic nitrogens is 1. The average molecular weight is 462 g/mol.